The molecule has 1 aliphatic heterocycles. The lowest BCUT2D eigenvalue weighted by Gasteiger charge is -2.31. The van der Waals surface area contributed by atoms with E-state index in [-0.39, 0.29) is 5.56 Å². The van der Waals surface area contributed by atoms with Crippen molar-refractivity contribution >= 4 is 0 Å². The largest absolute Gasteiger partial charge is 0.494 e. The summed E-state index contributed by atoms with van der Waals surface area (Å²) in [6.07, 6.45) is 5.44. The second-order valence-corrected chi connectivity index (χ2v) is 7.39. The van der Waals surface area contributed by atoms with E-state index in [2.05, 4.69) is 27.0 Å². The molecule has 0 bridgehead atoms. The number of H-pyrrole nitrogens is 1. The first-order valence-electron chi connectivity index (χ1n) is 10.2. The summed E-state index contributed by atoms with van der Waals surface area (Å²) in [4.78, 5) is 26.3. The number of nitrogens with one attached hydrogen (secondary N) is 1. The van der Waals surface area contributed by atoms with E-state index in [1.807, 2.05) is 31.2 Å². The number of pyridine rings is 1. The van der Waals surface area contributed by atoms with Gasteiger partial charge < -0.3 is 9.72 Å². The monoisotopic (exact) mass is 390 g/mol. The van der Waals surface area contributed by atoms with Crippen molar-refractivity contribution in [3.05, 3.63) is 76.5 Å². The van der Waals surface area contributed by atoms with Crippen LogP contribution in [-0.2, 0) is 6.54 Å². The van der Waals surface area contributed by atoms with Crippen molar-refractivity contribution in [1.82, 2.24) is 19.9 Å². The van der Waals surface area contributed by atoms with Crippen LogP contribution >= 0.6 is 0 Å². The quantitative estimate of drug-likeness (QED) is 0.696. The van der Waals surface area contributed by atoms with Crippen molar-refractivity contribution in [3.8, 4) is 17.1 Å². The highest BCUT2D eigenvalue weighted by atomic mass is 16.5. The summed E-state index contributed by atoms with van der Waals surface area (Å²) in [5.74, 6) is 1.82. The fraction of sp³-hybridized carbons (Fsp3) is 0.348. The van der Waals surface area contributed by atoms with E-state index in [1.165, 1.54) is 5.56 Å². The zero-order valence-corrected chi connectivity index (χ0v) is 16.7. The molecule has 150 valence electrons. The first kappa shape index (κ1) is 19.3. The molecular formula is C23H26N4O2. The van der Waals surface area contributed by atoms with E-state index >= 15 is 0 Å². The highest BCUT2D eigenvalue weighted by Gasteiger charge is 2.22. The van der Waals surface area contributed by atoms with Crippen molar-refractivity contribution in [3.63, 3.8) is 0 Å². The smallest absolute Gasteiger partial charge is 0.251 e. The lowest BCUT2D eigenvalue weighted by atomic mass is 9.93. The maximum atomic E-state index is 12.2. The zero-order valence-electron chi connectivity index (χ0n) is 16.7. The molecule has 0 unspecified atom stereocenters. The van der Waals surface area contributed by atoms with E-state index in [9.17, 15) is 4.79 Å². The number of hydrogen-bond donors (Lipinski definition) is 1. The highest BCUT2D eigenvalue weighted by molar-refractivity contribution is 5.52. The third-order valence-electron chi connectivity index (χ3n) is 5.34. The summed E-state index contributed by atoms with van der Waals surface area (Å²) in [7, 11) is 0. The topological polar surface area (TPSA) is 71.1 Å². The van der Waals surface area contributed by atoms with Crippen LogP contribution in [0.1, 0.15) is 36.9 Å². The van der Waals surface area contributed by atoms with Gasteiger partial charge in [-0.3, -0.25) is 14.7 Å². The van der Waals surface area contributed by atoms with Crippen LogP contribution in [0.4, 0.5) is 0 Å². The van der Waals surface area contributed by atoms with Crippen LogP contribution in [0.5, 0.6) is 5.75 Å². The minimum Gasteiger partial charge on any atom is -0.494 e. The number of nitrogens with zero attached hydrogens (tertiary/aromatic N) is 3. The molecule has 4 rings (SSSR count). The average Bonchev–Trinajstić information content (AvgIpc) is 2.76. The minimum atomic E-state index is -0.106. The number of piperidine rings is 1. The molecule has 29 heavy (non-hydrogen) atoms. The van der Waals surface area contributed by atoms with E-state index < -0.39 is 0 Å². The van der Waals surface area contributed by atoms with Gasteiger partial charge in [0, 0.05) is 36.5 Å². The molecule has 3 aromatic rings. The first-order valence-corrected chi connectivity index (χ1v) is 10.2. The van der Waals surface area contributed by atoms with Crippen LogP contribution in [0.15, 0.2) is 59.7 Å². The maximum absolute atomic E-state index is 12.2. The number of ether oxygens (including phenoxy) is 1. The molecule has 1 N–H and O–H groups in total. The standard InChI is InChI=1S/C23H26N4O2/c1-2-29-20-7-5-17(6-8-20)16-27-12-9-18(10-13-27)21-14-22(28)26-23(25-21)19-4-3-11-24-15-19/h3-8,11,14-15,18H,2,9-10,12-13,16H2,1H3,(H,25,26,28). The molecule has 0 atom stereocenters. The minimum absolute atomic E-state index is 0.106. The van der Waals surface area contributed by atoms with Gasteiger partial charge in [-0.15, -0.1) is 0 Å². The van der Waals surface area contributed by atoms with Gasteiger partial charge in [0.15, 0.2) is 0 Å². The molecule has 1 aliphatic rings. The molecule has 6 nitrogen and oxygen atoms in total. The van der Waals surface area contributed by atoms with Gasteiger partial charge >= 0.3 is 0 Å². The fourth-order valence-corrected chi connectivity index (χ4v) is 3.83. The summed E-state index contributed by atoms with van der Waals surface area (Å²) in [6.45, 7) is 5.60. The molecule has 0 aliphatic carbocycles. The number of benzene rings is 1. The van der Waals surface area contributed by atoms with Crippen molar-refractivity contribution in [2.24, 2.45) is 0 Å². The Hall–Kier alpha value is -2.99. The van der Waals surface area contributed by atoms with E-state index in [1.54, 1.807) is 18.5 Å². The first-order chi connectivity index (χ1) is 14.2. The summed E-state index contributed by atoms with van der Waals surface area (Å²) in [5, 5.41) is 0. The Labute approximate surface area is 170 Å². The van der Waals surface area contributed by atoms with Crippen LogP contribution in [0.2, 0.25) is 0 Å². The average molecular weight is 390 g/mol. The van der Waals surface area contributed by atoms with Gasteiger partial charge in [0.05, 0.1) is 12.3 Å². The van der Waals surface area contributed by atoms with E-state index in [0.717, 1.165) is 49.5 Å². The van der Waals surface area contributed by atoms with Gasteiger partial charge in [-0.2, -0.15) is 0 Å². The Morgan fingerprint density at radius 3 is 2.66 bits per heavy atom. The Morgan fingerprint density at radius 1 is 1.17 bits per heavy atom. The third-order valence-corrected chi connectivity index (χ3v) is 5.34. The molecule has 1 aromatic carbocycles. The number of aromatic amines is 1. The van der Waals surface area contributed by atoms with Gasteiger partial charge in [-0.1, -0.05) is 12.1 Å². The Bertz CT molecular complexity index is 978. The van der Waals surface area contributed by atoms with Crippen molar-refractivity contribution < 1.29 is 4.74 Å². The van der Waals surface area contributed by atoms with Crippen LogP contribution in [-0.4, -0.2) is 39.5 Å². The van der Waals surface area contributed by atoms with E-state index in [4.69, 9.17) is 9.72 Å². The molecule has 1 fully saturated rings. The zero-order chi connectivity index (χ0) is 20.1. The lowest BCUT2D eigenvalue weighted by molar-refractivity contribution is 0.203. The van der Waals surface area contributed by atoms with Gasteiger partial charge in [-0.05, 0) is 62.7 Å². The van der Waals surface area contributed by atoms with Crippen LogP contribution in [0, 0.1) is 0 Å². The van der Waals surface area contributed by atoms with Gasteiger partial charge in [-0.25, -0.2) is 4.98 Å². The molecule has 3 heterocycles. The van der Waals surface area contributed by atoms with Crippen LogP contribution < -0.4 is 10.3 Å². The van der Waals surface area contributed by atoms with Crippen molar-refractivity contribution in [2.75, 3.05) is 19.7 Å². The molecule has 0 radical (unpaired) electrons. The molecule has 1 saturated heterocycles. The Kier molecular flexibility index (Phi) is 6.00. The van der Waals surface area contributed by atoms with Crippen LogP contribution in [0.3, 0.4) is 0 Å². The molecule has 0 amide bonds. The summed E-state index contributed by atoms with van der Waals surface area (Å²) in [6, 6.07) is 13.7. The number of aromatic nitrogens is 3. The summed E-state index contributed by atoms with van der Waals surface area (Å²) < 4.78 is 5.51. The van der Waals surface area contributed by atoms with Crippen molar-refractivity contribution in [1.29, 1.82) is 0 Å². The maximum Gasteiger partial charge on any atom is 0.251 e. The van der Waals surface area contributed by atoms with Gasteiger partial charge in [0.2, 0.25) is 0 Å². The van der Waals surface area contributed by atoms with Crippen molar-refractivity contribution in [2.45, 2.75) is 32.2 Å². The number of rotatable bonds is 6. The summed E-state index contributed by atoms with van der Waals surface area (Å²) in [5.41, 5.74) is 2.90. The predicted molar refractivity (Wildman–Crippen MR) is 113 cm³/mol. The molecule has 0 saturated carbocycles. The molecule has 6 heteroatoms. The normalized spacial score (nSPS) is 15.3. The fourth-order valence-electron chi connectivity index (χ4n) is 3.83. The number of likely N-dealkylation sites (tertiary alicyclic amines) is 1. The molecule has 2 aromatic heterocycles. The lowest BCUT2D eigenvalue weighted by Crippen LogP contribution is -2.33. The highest BCUT2D eigenvalue weighted by Crippen LogP contribution is 2.28. The third kappa shape index (κ3) is 4.90. The molecule has 0 spiro atoms. The van der Waals surface area contributed by atoms with Crippen LogP contribution in [0.25, 0.3) is 11.4 Å². The number of hydrogen-bond acceptors (Lipinski definition) is 5. The second kappa shape index (κ2) is 9.01. The Balaban J connectivity index is 1.39. The SMILES string of the molecule is CCOc1ccc(CN2CCC(c3cc(=O)[nH]c(-c4cccnc4)n3)CC2)cc1. The second-order valence-electron chi connectivity index (χ2n) is 7.39. The summed E-state index contributed by atoms with van der Waals surface area (Å²) >= 11 is 0. The van der Waals surface area contributed by atoms with E-state index in [0.29, 0.717) is 18.3 Å². The predicted octanol–water partition coefficient (Wildman–Crippen LogP) is 3.61. The van der Waals surface area contributed by atoms with Gasteiger partial charge in [0.25, 0.3) is 5.56 Å². The molecular weight excluding hydrogens is 364 g/mol. The Morgan fingerprint density at radius 2 is 1.97 bits per heavy atom. The van der Waals surface area contributed by atoms with Gasteiger partial charge in [0.1, 0.15) is 11.6 Å².